The monoisotopic (exact) mass is 241 g/mol. The summed E-state index contributed by atoms with van der Waals surface area (Å²) < 4.78 is 11.3. The van der Waals surface area contributed by atoms with Crippen molar-refractivity contribution in [3.8, 4) is 11.5 Å². The van der Waals surface area contributed by atoms with Crippen LogP contribution >= 0.6 is 0 Å². The van der Waals surface area contributed by atoms with Crippen molar-refractivity contribution in [2.75, 3.05) is 6.61 Å². The molecule has 0 aliphatic rings. The third-order valence-electron chi connectivity index (χ3n) is 2.50. The number of benzene rings is 2. The lowest BCUT2D eigenvalue weighted by Crippen LogP contribution is -2.16. The maximum absolute atomic E-state index is 5.66. The molecule has 2 aromatic carbocycles. The summed E-state index contributed by atoms with van der Waals surface area (Å²) in [4.78, 5) is 0. The van der Waals surface area contributed by atoms with E-state index < -0.39 is 0 Å². The minimum absolute atomic E-state index is 0.101. The number of ether oxygens (including phenoxy) is 2. The van der Waals surface area contributed by atoms with Crippen LogP contribution in [0.25, 0.3) is 0 Å². The molecule has 1 unspecified atom stereocenters. The summed E-state index contributed by atoms with van der Waals surface area (Å²) in [6.07, 6.45) is 0.653. The van der Waals surface area contributed by atoms with Crippen LogP contribution in [-0.2, 0) is 0 Å². The molecule has 0 fully saturated rings. The quantitative estimate of drug-likeness (QED) is 0.767. The largest absolute Gasteiger partial charge is 0.493 e. The summed E-state index contributed by atoms with van der Waals surface area (Å²) in [5.41, 5.74) is 0. The van der Waals surface area contributed by atoms with Gasteiger partial charge in [0.05, 0.1) is 6.61 Å². The van der Waals surface area contributed by atoms with E-state index >= 15 is 0 Å². The Balaban J connectivity index is 1.71. The highest BCUT2D eigenvalue weighted by atomic mass is 16.5. The van der Waals surface area contributed by atoms with Crippen LogP contribution in [0.1, 0.15) is 6.42 Å². The summed E-state index contributed by atoms with van der Waals surface area (Å²) in [6, 6.07) is 19.5. The van der Waals surface area contributed by atoms with Gasteiger partial charge in [-0.3, -0.25) is 0 Å². The fourth-order valence-electron chi connectivity index (χ4n) is 1.58. The molecule has 2 heteroatoms. The van der Waals surface area contributed by atoms with Crippen molar-refractivity contribution in [3.63, 3.8) is 0 Å². The van der Waals surface area contributed by atoms with Gasteiger partial charge in [-0.15, -0.1) is 0 Å². The number of para-hydroxylation sites is 2. The lowest BCUT2D eigenvalue weighted by atomic mass is 10.3. The molecule has 0 amide bonds. The average Bonchev–Trinajstić information content (AvgIpc) is 2.41. The van der Waals surface area contributed by atoms with Crippen molar-refractivity contribution < 1.29 is 9.47 Å². The van der Waals surface area contributed by atoms with Crippen molar-refractivity contribution >= 4 is 0 Å². The Kier molecular flexibility index (Phi) is 4.65. The molecule has 0 saturated carbocycles. The van der Waals surface area contributed by atoms with Crippen LogP contribution in [0.3, 0.4) is 0 Å². The topological polar surface area (TPSA) is 18.5 Å². The van der Waals surface area contributed by atoms with Gasteiger partial charge < -0.3 is 9.47 Å². The summed E-state index contributed by atoms with van der Waals surface area (Å²) >= 11 is 0. The second-order valence-electron chi connectivity index (χ2n) is 4.00. The first-order chi connectivity index (χ1) is 8.84. The molecule has 0 saturated heterocycles. The van der Waals surface area contributed by atoms with E-state index in [2.05, 4.69) is 6.92 Å². The standard InChI is InChI=1S/C16H17O2/c1-14(18-16-10-6-3-7-11-16)12-13-17-15-8-4-2-5-9-15/h2-11,14H,1,12-13H2. The Morgan fingerprint density at radius 1 is 0.833 bits per heavy atom. The van der Waals surface area contributed by atoms with Gasteiger partial charge in [-0.1, -0.05) is 36.4 Å². The Morgan fingerprint density at radius 3 is 2.00 bits per heavy atom. The summed E-state index contributed by atoms with van der Waals surface area (Å²) in [5, 5.41) is 0. The van der Waals surface area contributed by atoms with E-state index in [1.165, 1.54) is 0 Å². The molecule has 0 aliphatic heterocycles. The van der Waals surface area contributed by atoms with E-state index in [-0.39, 0.29) is 6.10 Å². The molecule has 1 radical (unpaired) electrons. The Bertz CT molecular complexity index is 439. The molecular weight excluding hydrogens is 224 g/mol. The summed E-state index contributed by atoms with van der Waals surface area (Å²) in [6.45, 7) is 4.56. The minimum Gasteiger partial charge on any atom is -0.493 e. The SMILES string of the molecule is [CH2]C(CCOc1ccccc1)Oc1ccccc1. The summed E-state index contributed by atoms with van der Waals surface area (Å²) in [5.74, 6) is 1.72. The zero-order valence-electron chi connectivity index (χ0n) is 10.3. The molecule has 18 heavy (non-hydrogen) atoms. The highest BCUT2D eigenvalue weighted by Gasteiger charge is 2.04. The van der Waals surface area contributed by atoms with Crippen LogP contribution in [0.15, 0.2) is 60.7 Å². The predicted molar refractivity (Wildman–Crippen MR) is 72.8 cm³/mol. The Hall–Kier alpha value is -1.96. The Morgan fingerprint density at radius 2 is 1.39 bits per heavy atom. The molecule has 0 N–H and O–H groups in total. The number of rotatable bonds is 6. The van der Waals surface area contributed by atoms with Gasteiger partial charge in [-0.25, -0.2) is 0 Å². The van der Waals surface area contributed by atoms with Gasteiger partial charge in [0, 0.05) is 6.42 Å². The fourth-order valence-corrected chi connectivity index (χ4v) is 1.58. The maximum atomic E-state index is 5.66. The molecule has 2 nitrogen and oxygen atoms in total. The minimum atomic E-state index is -0.101. The molecule has 0 aliphatic carbocycles. The number of hydrogen-bond acceptors (Lipinski definition) is 2. The van der Waals surface area contributed by atoms with Gasteiger partial charge in [0.1, 0.15) is 17.6 Å². The molecule has 0 bridgehead atoms. The van der Waals surface area contributed by atoms with Gasteiger partial charge in [0.25, 0.3) is 0 Å². The first kappa shape index (κ1) is 12.5. The molecular formula is C16H17O2. The first-order valence-corrected chi connectivity index (χ1v) is 6.07. The van der Waals surface area contributed by atoms with Crippen molar-refractivity contribution in [1.29, 1.82) is 0 Å². The van der Waals surface area contributed by atoms with Gasteiger partial charge in [0.15, 0.2) is 0 Å². The molecule has 93 valence electrons. The zero-order chi connectivity index (χ0) is 12.6. The average molecular weight is 241 g/mol. The van der Waals surface area contributed by atoms with Crippen LogP contribution in [0, 0.1) is 6.92 Å². The van der Waals surface area contributed by atoms with E-state index in [9.17, 15) is 0 Å². The predicted octanol–water partition coefficient (Wildman–Crippen LogP) is 3.74. The maximum Gasteiger partial charge on any atom is 0.119 e. The lowest BCUT2D eigenvalue weighted by Gasteiger charge is -2.14. The van der Waals surface area contributed by atoms with Crippen molar-refractivity contribution in [2.24, 2.45) is 0 Å². The van der Waals surface area contributed by atoms with E-state index in [1.807, 2.05) is 60.7 Å². The number of hydrogen-bond donors (Lipinski definition) is 0. The Labute approximate surface area is 108 Å². The molecule has 0 heterocycles. The van der Waals surface area contributed by atoms with E-state index in [0.717, 1.165) is 17.9 Å². The van der Waals surface area contributed by atoms with Crippen LogP contribution in [0.2, 0.25) is 0 Å². The van der Waals surface area contributed by atoms with Crippen LogP contribution in [-0.4, -0.2) is 12.7 Å². The first-order valence-electron chi connectivity index (χ1n) is 6.07. The summed E-state index contributed by atoms with van der Waals surface area (Å²) in [7, 11) is 0. The fraction of sp³-hybridized carbons (Fsp3) is 0.188. The highest BCUT2D eigenvalue weighted by molar-refractivity contribution is 5.22. The van der Waals surface area contributed by atoms with Crippen molar-refractivity contribution in [1.82, 2.24) is 0 Å². The smallest absolute Gasteiger partial charge is 0.119 e. The van der Waals surface area contributed by atoms with E-state index in [4.69, 9.17) is 9.47 Å². The van der Waals surface area contributed by atoms with Crippen LogP contribution in [0.5, 0.6) is 11.5 Å². The zero-order valence-corrected chi connectivity index (χ0v) is 10.3. The normalized spacial score (nSPS) is 11.8. The molecule has 0 spiro atoms. The van der Waals surface area contributed by atoms with Crippen molar-refractivity contribution in [3.05, 3.63) is 67.6 Å². The lowest BCUT2D eigenvalue weighted by molar-refractivity contribution is 0.196. The molecule has 2 rings (SSSR count). The van der Waals surface area contributed by atoms with E-state index in [0.29, 0.717) is 6.61 Å². The van der Waals surface area contributed by atoms with Crippen LogP contribution in [0.4, 0.5) is 0 Å². The third-order valence-corrected chi connectivity index (χ3v) is 2.50. The van der Waals surface area contributed by atoms with Gasteiger partial charge >= 0.3 is 0 Å². The van der Waals surface area contributed by atoms with Crippen LogP contribution < -0.4 is 9.47 Å². The molecule has 0 aromatic heterocycles. The van der Waals surface area contributed by atoms with Gasteiger partial charge in [-0.05, 0) is 31.2 Å². The van der Waals surface area contributed by atoms with Gasteiger partial charge in [-0.2, -0.15) is 0 Å². The second kappa shape index (κ2) is 6.70. The van der Waals surface area contributed by atoms with E-state index in [1.54, 1.807) is 0 Å². The van der Waals surface area contributed by atoms with Gasteiger partial charge in [0.2, 0.25) is 0 Å². The highest BCUT2D eigenvalue weighted by Crippen LogP contribution is 2.13. The molecule has 1 atom stereocenters. The second-order valence-corrected chi connectivity index (χ2v) is 4.00. The van der Waals surface area contributed by atoms with Crippen molar-refractivity contribution in [2.45, 2.75) is 12.5 Å². The molecule has 2 aromatic rings. The third kappa shape index (κ3) is 4.13.